The molecule has 2 amide bonds. The molecule has 1 saturated carbocycles. The van der Waals surface area contributed by atoms with Crippen LogP contribution in [-0.2, 0) is 9.59 Å². The summed E-state index contributed by atoms with van der Waals surface area (Å²) in [5, 5.41) is 12.2. The quantitative estimate of drug-likeness (QED) is 0.754. The number of hydrogen-bond acceptors (Lipinski definition) is 3. The molecule has 6 nitrogen and oxygen atoms in total. The van der Waals surface area contributed by atoms with E-state index in [0.29, 0.717) is 18.2 Å². The lowest BCUT2D eigenvalue weighted by Gasteiger charge is -2.25. The average molecular weight is 306 g/mol. The van der Waals surface area contributed by atoms with E-state index in [0.717, 1.165) is 25.7 Å². The van der Waals surface area contributed by atoms with Crippen molar-refractivity contribution in [3.8, 4) is 0 Å². The fourth-order valence-corrected chi connectivity index (χ4v) is 2.90. The predicted octanol–water partition coefficient (Wildman–Crippen LogP) is 2.46. The average Bonchev–Trinajstić information content (AvgIpc) is 2.99. The van der Waals surface area contributed by atoms with E-state index in [4.69, 9.17) is 0 Å². The SMILES string of the molecule is CC(C)CC(NC(=O)C1CCCCC1)C(=O)Nc1ccn[nH]1. The molecule has 1 aliphatic carbocycles. The zero-order chi connectivity index (χ0) is 15.9. The van der Waals surface area contributed by atoms with Gasteiger partial charge in [0.2, 0.25) is 11.8 Å². The molecule has 1 unspecified atom stereocenters. The van der Waals surface area contributed by atoms with Crippen LogP contribution in [0.2, 0.25) is 0 Å². The number of amides is 2. The summed E-state index contributed by atoms with van der Waals surface area (Å²) in [7, 11) is 0. The summed E-state index contributed by atoms with van der Waals surface area (Å²) in [6.07, 6.45) is 7.48. The van der Waals surface area contributed by atoms with Crippen LogP contribution in [0.5, 0.6) is 0 Å². The van der Waals surface area contributed by atoms with Gasteiger partial charge in [-0.25, -0.2) is 0 Å². The summed E-state index contributed by atoms with van der Waals surface area (Å²) in [5.41, 5.74) is 0. The van der Waals surface area contributed by atoms with E-state index < -0.39 is 6.04 Å². The fraction of sp³-hybridized carbons (Fsp3) is 0.688. The Balaban J connectivity index is 1.95. The van der Waals surface area contributed by atoms with Gasteiger partial charge in [-0.3, -0.25) is 14.7 Å². The summed E-state index contributed by atoms with van der Waals surface area (Å²) in [6, 6.07) is 1.19. The van der Waals surface area contributed by atoms with Gasteiger partial charge in [-0.2, -0.15) is 5.10 Å². The number of carbonyl (C=O) groups is 2. The zero-order valence-corrected chi connectivity index (χ0v) is 13.4. The maximum absolute atomic E-state index is 12.4. The molecule has 1 fully saturated rings. The Kier molecular flexibility index (Phi) is 5.98. The van der Waals surface area contributed by atoms with Crippen molar-refractivity contribution in [2.24, 2.45) is 11.8 Å². The molecule has 1 heterocycles. The second-order valence-electron chi connectivity index (χ2n) is 6.49. The van der Waals surface area contributed by atoms with Gasteiger partial charge in [0.25, 0.3) is 0 Å². The van der Waals surface area contributed by atoms with Crippen LogP contribution in [0.15, 0.2) is 12.3 Å². The smallest absolute Gasteiger partial charge is 0.248 e. The summed E-state index contributed by atoms with van der Waals surface area (Å²) in [6.45, 7) is 4.09. The van der Waals surface area contributed by atoms with Crippen LogP contribution in [0.1, 0.15) is 52.4 Å². The third-order valence-electron chi connectivity index (χ3n) is 4.07. The van der Waals surface area contributed by atoms with Crippen molar-refractivity contribution >= 4 is 17.6 Å². The molecule has 3 N–H and O–H groups in total. The highest BCUT2D eigenvalue weighted by Crippen LogP contribution is 2.24. The molecule has 2 rings (SSSR count). The summed E-state index contributed by atoms with van der Waals surface area (Å²) in [5.74, 6) is 0.755. The minimum atomic E-state index is -0.502. The molecule has 1 atom stereocenters. The van der Waals surface area contributed by atoms with E-state index in [1.807, 2.05) is 13.8 Å². The number of aromatic amines is 1. The van der Waals surface area contributed by atoms with Gasteiger partial charge in [0, 0.05) is 12.0 Å². The van der Waals surface area contributed by atoms with E-state index in [1.54, 1.807) is 12.3 Å². The monoisotopic (exact) mass is 306 g/mol. The van der Waals surface area contributed by atoms with E-state index in [9.17, 15) is 9.59 Å². The number of hydrogen-bond donors (Lipinski definition) is 3. The molecular formula is C16H26N4O2. The van der Waals surface area contributed by atoms with Crippen molar-refractivity contribution in [1.82, 2.24) is 15.5 Å². The number of rotatable bonds is 6. The molecule has 0 bridgehead atoms. The molecule has 0 aliphatic heterocycles. The molecule has 1 aliphatic rings. The first kappa shape index (κ1) is 16.5. The molecule has 22 heavy (non-hydrogen) atoms. The number of carbonyl (C=O) groups excluding carboxylic acids is 2. The summed E-state index contributed by atoms with van der Waals surface area (Å²) in [4.78, 5) is 24.8. The van der Waals surface area contributed by atoms with Crippen molar-refractivity contribution in [3.05, 3.63) is 12.3 Å². The van der Waals surface area contributed by atoms with E-state index >= 15 is 0 Å². The van der Waals surface area contributed by atoms with Crippen LogP contribution in [0.4, 0.5) is 5.82 Å². The number of anilines is 1. The van der Waals surface area contributed by atoms with Crippen LogP contribution in [0.25, 0.3) is 0 Å². The highest BCUT2D eigenvalue weighted by molar-refractivity contribution is 5.96. The van der Waals surface area contributed by atoms with Gasteiger partial charge < -0.3 is 10.6 Å². The maximum atomic E-state index is 12.4. The Morgan fingerprint density at radius 3 is 2.64 bits per heavy atom. The van der Waals surface area contributed by atoms with Crippen molar-refractivity contribution in [3.63, 3.8) is 0 Å². The lowest BCUT2D eigenvalue weighted by Crippen LogP contribution is -2.47. The number of aromatic nitrogens is 2. The first-order valence-electron chi connectivity index (χ1n) is 8.17. The minimum Gasteiger partial charge on any atom is -0.344 e. The molecule has 0 radical (unpaired) electrons. The molecule has 0 saturated heterocycles. The molecule has 1 aromatic heterocycles. The van der Waals surface area contributed by atoms with Crippen LogP contribution in [0, 0.1) is 11.8 Å². The second-order valence-corrected chi connectivity index (χ2v) is 6.49. The summed E-state index contributed by atoms with van der Waals surface area (Å²) >= 11 is 0. The maximum Gasteiger partial charge on any atom is 0.248 e. The zero-order valence-electron chi connectivity index (χ0n) is 13.4. The first-order chi connectivity index (χ1) is 10.6. The van der Waals surface area contributed by atoms with Crippen molar-refractivity contribution in [2.45, 2.75) is 58.4 Å². The lowest BCUT2D eigenvalue weighted by molar-refractivity contribution is -0.130. The number of nitrogens with zero attached hydrogens (tertiary/aromatic N) is 1. The van der Waals surface area contributed by atoms with Gasteiger partial charge in [0.05, 0.1) is 6.20 Å². The van der Waals surface area contributed by atoms with Crippen LogP contribution >= 0.6 is 0 Å². The molecule has 1 aromatic rings. The molecule has 0 aromatic carbocycles. The van der Waals surface area contributed by atoms with Gasteiger partial charge in [-0.1, -0.05) is 33.1 Å². The minimum absolute atomic E-state index is 0.0186. The Labute approximate surface area is 131 Å². The molecule has 122 valence electrons. The number of H-pyrrole nitrogens is 1. The Bertz CT molecular complexity index is 478. The normalized spacial score (nSPS) is 17.2. The Morgan fingerprint density at radius 2 is 2.05 bits per heavy atom. The lowest BCUT2D eigenvalue weighted by atomic mass is 9.88. The molecular weight excluding hydrogens is 280 g/mol. The third kappa shape index (κ3) is 4.86. The van der Waals surface area contributed by atoms with Gasteiger partial charge >= 0.3 is 0 Å². The Morgan fingerprint density at radius 1 is 1.32 bits per heavy atom. The second kappa shape index (κ2) is 7.96. The van der Waals surface area contributed by atoms with Crippen molar-refractivity contribution in [1.29, 1.82) is 0 Å². The highest BCUT2D eigenvalue weighted by atomic mass is 16.2. The van der Waals surface area contributed by atoms with Gasteiger partial charge in [-0.15, -0.1) is 0 Å². The standard InChI is InChI=1S/C16H26N4O2/c1-11(2)10-13(16(22)19-14-8-9-17-20-14)18-15(21)12-6-4-3-5-7-12/h8-9,11-13H,3-7,10H2,1-2H3,(H,18,21)(H2,17,19,20,22). The Hall–Kier alpha value is -1.85. The van der Waals surface area contributed by atoms with Gasteiger partial charge in [0.15, 0.2) is 0 Å². The van der Waals surface area contributed by atoms with Crippen LogP contribution < -0.4 is 10.6 Å². The van der Waals surface area contributed by atoms with Gasteiger partial charge in [0.1, 0.15) is 11.9 Å². The van der Waals surface area contributed by atoms with Crippen LogP contribution in [-0.4, -0.2) is 28.1 Å². The van der Waals surface area contributed by atoms with Crippen LogP contribution in [0.3, 0.4) is 0 Å². The topological polar surface area (TPSA) is 86.9 Å². The highest BCUT2D eigenvalue weighted by Gasteiger charge is 2.27. The van der Waals surface area contributed by atoms with Crippen molar-refractivity contribution < 1.29 is 9.59 Å². The van der Waals surface area contributed by atoms with Crippen molar-refractivity contribution in [2.75, 3.05) is 5.32 Å². The van der Waals surface area contributed by atoms with E-state index in [-0.39, 0.29) is 17.7 Å². The number of nitrogens with one attached hydrogen (secondary N) is 3. The largest absolute Gasteiger partial charge is 0.344 e. The predicted molar refractivity (Wildman–Crippen MR) is 85.2 cm³/mol. The van der Waals surface area contributed by atoms with Gasteiger partial charge in [-0.05, 0) is 25.2 Å². The molecule has 0 spiro atoms. The third-order valence-corrected chi connectivity index (χ3v) is 4.07. The molecule has 6 heteroatoms. The van der Waals surface area contributed by atoms with E-state index in [2.05, 4.69) is 20.8 Å². The first-order valence-corrected chi connectivity index (χ1v) is 8.17. The fourth-order valence-electron chi connectivity index (χ4n) is 2.90. The van der Waals surface area contributed by atoms with E-state index in [1.165, 1.54) is 6.42 Å². The summed E-state index contributed by atoms with van der Waals surface area (Å²) < 4.78 is 0.